The van der Waals surface area contributed by atoms with Gasteiger partial charge in [-0.1, -0.05) is 0 Å². The Bertz CT molecular complexity index is 384. The molecule has 1 amide bonds. The summed E-state index contributed by atoms with van der Waals surface area (Å²) in [5, 5.41) is 14.1. The fourth-order valence-electron chi connectivity index (χ4n) is 1.09. The van der Waals surface area contributed by atoms with Crippen LogP contribution in [0.3, 0.4) is 0 Å². The smallest absolute Gasteiger partial charge is 0.230 e. The van der Waals surface area contributed by atoms with Crippen molar-refractivity contribution in [2.75, 3.05) is 18.1 Å². The van der Waals surface area contributed by atoms with E-state index in [0.29, 0.717) is 18.1 Å². The fraction of sp³-hybridized carbons (Fsp3) is 0.500. The minimum Gasteiger partial charge on any atom is -0.355 e. The first kappa shape index (κ1) is 13.0. The average Bonchev–Trinajstić information content (AvgIpc) is 2.65. The highest BCUT2D eigenvalue weighted by molar-refractivity contribution is 8.00. The minimum absolute atomic E-state index is 0.0211. The van der Waals surface area contributed by atoms with Crippen LogP contribution in [0.5, 0.6) is 0 Å². The van der Waals surface area contributed by atoms with Crippen molar-refractivity contribution in [2.24, 2.45) is 0 Å². The Balaban J connectivity index is 2.11. The molecule has 0 fully saturated rings. The summed E-state index contributed by atoms with van der Waals surface area (Å²) >= 11 is 2.94. The van der Waals surface area contributed by atoms with E-state index in [4.69, 9.17) is 5.26 Å². The number of amides is 1. The Kier molecular flexibility index (Phi) is 5.90. The maximum Gasteiger partial charge on any atom is 0.230 e. The molecule has 1 aromatic rings. The van der Waals surface area contributed by atoms with Gasteiger partial charge in [-0.05, 0) is 6.92 Å². The van der Waals surface area contributed by atoms with Crippen LogP contribution in [0.4, 0.5) is 0 Å². The Morgan fingerprint density at radius 2 is 2.56 bits per heavy atom. The predicted octanol–water partition coefficient (Wildman–Crippen LogP) is 1.37. The first-order chi connectivity index (χ1) is 7.72. The normalized spacial score (nSPS) is 9.75. The minimum atomic E-state index is -0.0211. The lowest BCUT2D eigenvalue weighted by atomic mass is 10.3. The van der Waals surface area contributed by atoms with Gasteiger partial charge in [-0.3, -0.25) is 4.79 Å². The fourth-order valence-corrected chi connectivity index (χ4v) is 2.22. The van der Waals surface area contributed by atoms with E-state index < -0.39 is 0 Å². The summed E-state index contributed by atoms with van der Waals surface area (Å²) in [4.78, 5) is 15.6. The number of nitriles is 1. The second-order valence-electron chi connectivity index (χ2n) is 3.11. The molecule has 0 atom stereocenters. The van der Waals surface area contributed by atoms with Crippen LogP contribution in [0.1, 0.15) is 10.7 Å². The van der Waals surface area contributed by atoms with Crippen molar-refractivity contribution in [3.05, 3.63) is 16.1 Å². The van der Waals surface area contributed by atoms with E-state index in [0.717, 1.165) is 17.1 Å². The maximum absolute atomic E-state index is 11.3. The molecule has 0 aliphatic rings. The molecule has 0 saturated carbocycles. The molecular weight excluding hydrogens is 242 g/mol. The maximum atomic E-state index is 11.3. The zero-order chi connectivity index (χ0) is 11.8. The quantitative estimate of drug-likeness (QED) is 0.780. The summed E-state index contributed by atoms with van der Waals surface area (Å²) in [5.41, 5.74) is 1.02. The van der Waals surface area contributed by atoms with E-state index in [9.17, 15) is 4.79 Å². The zero-order valence-corrected chi connectivity index (χ0v) is 10.7. The molecule has 1 aromatic heterocycles. The van der Waals surface area contributed by atoms with Crippen LogP contribution in [0.25, 0.3) is 0 Å². The SMILES string of the molecule is Cc1nc(CCNC(=O)CSCC#N)cs1. The van der Waals surface area contributed by atoms with Gasteiger partial charge >= 0.3 is 0 Å². The number of thioether (sulfide) groups is 1. The van der Waals surface area contributed by atoms with Crippen molar-refractivity contribution in [3.63, 3.8) is 0 Å². The summed E-state index contributed by atoms with van der Waals surface area (Å²) in [6.45, 7) is 2.57. The van der Waals surface area contributed by atoms with Gasteiger partial charge in [-0.25, -0.2) is 4.98 Å². The van der Waals surface area contributed by atoms with Crippen molar-refractivity contribution in [1.29, 1.82) is 5.26 Å². The topological polar surface area (TPSA) is 65.8 Å². The van der Waals surface area contributed by atoms with Gasteiger partial charge in [-0.2, -0.15) is 5.26 Å². The highest BCUT2D eigenvalue weighted by Crippen LogP contribution is 2.07. The Labute approximate surface area is 103 Å². The molecule has 0 unspecified atom stereocenters. The van der Waals surface area contributed by atoms with Crippen LogP contribution in [-0.4, -0.2) is 28.9 Å². The third kappa shape index (κ3) is 5.14. The number of rotatable bonds is 6. The van der Waals surface area contributed by atoms with Crippen LogP contribution in [0, 0.1) is 18.3 Å². The molecule has 4 nitrogen and oxygen atoms in total. The van der Waals surface area contributed by atoms with Gasteiger partial charge in [0, 0.05) is 18.3 Å². The van der Waals surface area contributed by atoms with Crippen LogP contribution in [0.2, 0.25) is 0 Å². The monoisotopic (exact) mass is 255 g/mol. The number of nitrogens with zero attached hydrogens (tertiary/aromatic N) is 2. The van der Waals surface area contributed by atoms with E-state index >= 15 is 0 Å². The summed E-state index contributed by atoms with van der Waals surface area (Å²) in [7, 11) is 0. The molecular formula is C10H13N3OS2. The molecule has 86 valence electrons. The average molecular weight is 255 g/mol. The molecule has 0 saturated heterocycles. The van der Waals surface area contributed by atoms with Gasteiger partial charge < -0.3 is 5.32 Å². The number of aromatic nitrogens is 1. The lowest BCUT2D eigenvalue weighted by Crippen LogP contribution is -2.27. The second kappa shape index (κ2) is 7.25. The highest BCUT2D eigenvalue weighted by atomic mass is 32.2. The van der Waals surface area contributed by atoms with Crippen LogP contribution < -0.4 is 5.32 Å². The first-order valence-corrected chi connectivity index (χ1v) is 6.88. The number of carbonyl (C=O) groups excluding carboxylic acids is 1. The molecule has 0 spiro atoms. The van der Waals surface area contributed by atoms with Crippen molar-refractivity contribution in [1.82, 2.24) is 10.3 Å². The van der Waals surface area contributed by atoms with Crippen LogP contribution in [0.15, 0.2) is 5.38 Å². The molecule has 16 heavy (non-hydrogen) atoms. The van der Waals surface area contributed by atoms with Gasteiger partial charge in [0.05, 0.1) is 28.3 Å². The summed E-state index contributed by atoms with van der Waals surface area (Å²) < 4.78 is 0. The molecule has 0 radical (unpaired) electrons. The molecule has 1 N–H and O–H groups in total. The van der Waals surface area contributed by atoms with Crippen molar-refractivity contribution >= 4 is 29.0 Å². The Hall–Kier alpha value is -1.06. The second-order valence-corrected chi connectivity index (χ2v) is 5.16. The van der Waals surface area contributed by atoms with Crippen molar-refractivity contribution in [3.8, 4) is 6.07 Å². The molecule has 0 aliphatic heterocycles. The van der Waals surface area contributed by atoms with Gasteiger partial charge in [-0.15, -0.1) is 23.1 Å². The van der Waals surface area contributed by atoms with Crippen molar-refractivity contribution in [2.45, 2.75) is 13.3 Å². The zero-order valence-electron chi connectivity index (χ0n) is 9.02. The number of nitrogens with one attached hydrogen (secondary N) is 1. The largest absolute Gasteiger partial charge is 0.355 e. The predicted molar refractivity (Wildman–Crippen MR) is 66.5 cm³/mol. The molecule has 1 rings (SSSR count). The number of carbonyl (C=O) groups is 1. The van der Waals surface area contributed by atoms with E-state index in [2.05, 4.69) is 10.3 Å². The van der Waals surface area contributed by atoms with Gasteiger partial charge in [0.2, 0.25) is 5.91 Å². The molecule has 6 heteroatoms. The van der Waals surface area contributed by atoms with Crippen LogP contribution >= 0.6 is 23.1 Å². The Morgan fingerprint density at radius 3 is 3.19 bits per heavy atom. The third-order valence-electron chi connectivity index (χ3n) is 1.77. The van der Waals surface area contributed by atoms with E-state index in [1.807, 2.05) is 18.4 Å². The number of hydrogen-bond donors (Lipinski definition) is 1. The Morgan fingerprint density at radius 1 is 1.75 bits per heavy atom. The standard InChI is InChI=1S/C10H13N3OS2/c1-8-13-9(6-16-8)2-4-12-10(14)7-15-5-3-11/h6H,2,4-5,7H2,1H3,(H,12,14). The van der Waals surface area contributed by atoms with Crippen LogP contribution in [-0.2, 0) is 11.2 Å². The lowest BCUT2D eigenvalue weighted by molar-refractivity contribution is -0.118. The van der Waals surface area contributed by atoms with E-state index in [1.165, 1.54) is 11.8 Å². The lowest BCUT2D eigenvalue weighted by Gasteiger charge is -2.02. The number of aryl methyl sites for hydroxylation is 1. The van der Waals surface area contributed by atoms with Gasteiger partial charge in [0.25, 0.3) is 0 Å². The van der Waals surface area contributed by atoms with E-state index in [-0.39, 0.29) is 5.91 Å². The highest BCUT2D eigenvalue weighted by Gasteiger charge is 2.02. The third-order valence-corrected chi connectivity index (χ3v) is 3.39. The molecule has 0 aliphatic carbocycles. The van der Waals surface area contributed by atoms with Gasteiger partial charge in [0.15, 0.2) is 0 Å². The summed E-state index contributed by atoms with van der Waals surface area (Å²) in [6, 6.07) is 1.98. The molecule has 0 aromatic carbocycles. The van der Waals surface area contributed by atoms with E-state index in [1.54, 1.807) is 11.3 Å². The number of hydrogen-bond acceptors (Lipinski definition) is 5. The molecule has 1 heterocycles. The van der Waals surface area contributed by atoms with Crippen molar-refractivity contribution < 1.29 is 4.79 Å². The molecule has 0 bridgehead atoms. The first-order valence-electron chi connectivity index (χ1n) is 4.85. The summed E-state index contributed by atoms with van der Waals surface area (Å²) in [5.74, 6) is 0.690. The number of thiazole rings is 1. The summed E-state index contributed by atoms with van der Waals surface area (Å²) in [6.07, 6.45) is 0.763. The van der Waals surface area contributed by atoms with Gasteiger partial charge in [0.1, 0.15) is 0 Å².